The fourth-order valence-electron chi connectivity index (χ4n) is 2.82. The highest BCUT2D eigenvalue weighted by Crippen LogP contribution is 2.42. The Bertz CT molecular complexity index is 944. The van der Waals surface area contributed by atoms with Crippen molar-refractivity contribution in [1.82, 2.24) is 9.55 Å². The van der Waals surface area contributed by atoms with E-state index in [1.807, 2.05) is 0 Å². The highest BCUT2D eigenvalue weighted by molar-refractivity contribution is 6.29. The van der Waals surface area contributed by atoms with Gasteiger partial charge in [-0.05, 0) is 30.3 Å². The van der Waals surface area contributed by atoms with Gasteiger partial charge in [0, 0.05) is 5.39 Å². The zero-order chi connectivity index (χ0) is 15.3. The molecule has 2 aromatic heterocycles. The maximum Gasteiger partial charge on any atom is 0.189 e. The van der Waals surface area contributed by atoms with Gasteiger partial charge in [0.15, 0.2) is 6.23 Å². The van der Waals surface area contributed by atoms with Crippen molar-refractivity contribution in [2.45, 2.75) is 12.6 Å². The minimum atomic E-state index is -0.519. The van der Waals surface area contributed by atoms with E-state index in [1.54, 1.807) is 34.9 Å². The summed E-state index contributed by atoms with van der Waals surface area (Å²) >= 11 is 5.97. The Hall–Kier alpha value is -2.58. The van der Waals surface area contributed by atoms with Crippen LogP contribution < -0.4 is 4.74 Å². The first kappa shape index (κ1) is 13.1. The van der Waals surface area contributed by atoms with Crippen LogP contribution in [-0.4, -0.2) is 9.55 Å². The molecule has 0 aliphatic carbocycles. The Morgan fingerprint density at radius 1 is 1.36 bits per heavy atom. The third-order valence-corrected chi connectivity index (χ3v) is 3.92. The molecule has 0 saturated carbocycles. The minimum absolute atomic E-state index is 0.148. The largest absolute Gasteiger partial charge is 0.467 e. The zero-order valence-corrected chi connectivity index (χ0v) is 12.0. The Morgan fingerprint density at radius 2 is 2.23 bits per heavy atom. The van der Waals surface area contributed by atoms with Crippen LogP contribution in [-0.2, 0) is 0 Å². The predicted octanol–water partition coefficient (Wildman–Crippen LogP) is 4.30. The second-order valence-corrected chi connectivity index (χ2v) is 5.37. The Balaban J connectivity index is 2.08. The molecule has 0 N–H and O–H groups in total. The van der Waals surface area contributed by atoms with Gasteiger partial charge in [0.05, 0.1) is 23.7 Å². The number of fused-ring (bicyclic) bond motifs is 5. The van der Waals surface area contributed by atoms with Crippen LogP contribution in [0.15, 0.2) is 36.4 Å². The highest BCUT2D eigenvalue weighted by atomic mass is 35.5. The van der Waals surface area contributed by atoms with E-state index in [1.165, 1.54) is 6.07 Å². The number of nitrogens with zero attached hydrogens (tertiary/aromatic N) is 3. The van der Waals surface area contributed by atoms with E-state index < -0.39 is 6.23 Å². The topological polar surface area (TPSA) is 50.8 Å². The molecule has 0 saturated heterocycles. The van der Waals surface area contributed by atoms with E-state index >= 15 is 0 Å². The first-order chi connectivity index (χ1) is 10.7. The smallest absolute Gasteiger partial charge is 0.189 e. The minimum Gasteiger partial charge on any atom is -0.467 e. The van der Waals surface area contributed by atoms with E-state index in [-0.39, 0.29) is 12.2 Å². The number of pyridine rings is 1. The van der Waals surface area contributed by atoms with Crippen LogP contribution in [0.4, 0.5) is 4.39 Å². The first-order valence-corrected chi connectivity index (χ1v) is 7.07. The van der Waals surface area contributed by atoms with Crippen molar-refractivity contribution < 1.29 is 9.13 Å². The highest BCUT2D eigenvalue weighted by Gasteiger charge is 2.29. The molecule has 1 unspecified atom stereocenters. The molecule has 0 fully saturated rings. The predicted molar refractivity (Wildman–Crippen MR) is 80.0 cm³/mol. The maximum absolute atomic E-state index is 14.1. The molecule has 108 valence electrons. The SMILES string of the molecule is N#CCC1Oc2ccc(Cl)nc2-c2cc3c(F)cccc3n21. The normalized spacial score (nSPS) is 15.8. The quantitative estimate of drug-likeness (QED) is 0.629. The third kappa shape index (κ3) is 1.78. The molecule has 1 aliphatic heterocycles. The van der Waals surface area contributed by atoms with Crippen molar-refractivity contribution in [2.75, 3.05) is 0 Å². The lowest BCUT2D eigenvalue weighted by molar-refractivity contribution is 0.136. The number of nitriles is 1. The Morgan fingerprint density at radius 3 is 3.05 bits per heavy atom. The molecule has 0 radical (unpaired) electrons. The summed E-state index contributed by atoms with van der Waals surface area (Å²) in [6, 6.07) is 12.0. The molecule has 6 heteroatoms. The number of ether oxygens (including phenoxy) is 1. The number of hydrogen-bond acceptors (Lipinski definition) is 3. The van der Waals surface area contributed by atoms with Crippen molar-refractivity contribution in [3.8, 4) is 23.2 Å². The van der Waals surface area contributed by atoms with Crippen LogP contribution in [0.25, 0.3) is 22.3 Å². The molecule has 1 aromatic carbocycles. The maximum atomic E-state index is 14.1. The van der Waals surface area contributed by atoms with Gasteiger partial charge >= 0.3 is 0 Å². The monoisotopic (exact) mass is 313 g/mol. The summed E-state index contributed by atoms with van der Waals surface area (Å²) in [6.45, 7) is 0. The third-order valence-electron chi connectivity index (χ3n) is 3.71. The number of benzene rings is 1. The van der Waals surface area contributed by atoms with E-state index in [9.17, 15) is 4.39 Å². The molecule has 4 nitrogen and oxygen atoms in total. The van der Waals surface area contributed by atoms with E-state index in [2.05, 4.69) is 11.1 Å². The Labute approximate surface area is 130 Å². The van der Waals surface area contributed by atoms with Crippen molar-refractivity contribution in [1.29, 1.82) is 5.26 Å². The summed E-state index contributed by atoms with van der Waals surface area (Å²) in [5.74, 6) is 0.221. The summed E-state index contributed by atoms with van der Waals surface area (Å²) in [5.41, 5.74) is 1.92. The lowest BCUT2D eigenvalue weighted by atomic mass is 10.2. The van der Waals surface area contributed by atoms with Gasteiger partial charge in [0.1, 0.15) is 22.4 Å². The average Bonchev–Trinajstić information content (AvgIpc) is 2.90. The molecular weight excluding hydrogens is 305 g/mol. The second kappa shape index (κ2) is 4.72. The molecule has 4 rings (SSSR count). The number of aromatic nitrogens is 2. The van der Waals surface area contributed by atoms with Crippen LogP contribution in [0.2, 0.25) is 5.15 Å². The number of hydrogen-bond donors (Lipinski definition) is 0. The summed E-state index contributed by atoms with van der Waals surface area (Å²) in [4.78, 5) is 4.29. The van der Waals surface area contributed by atoms with Gasteiger partial charge < -0.3 is 9.30 Å². The van der Waals surface area contributed by atoms with Gasteiger partial charge in [-0.15, -0.1) is 0 Å². The molecule has 0 spiro atoms. The fraction of sp³-hybridized carbons (Fsp3) is 0.125. The average molecular weight is 314 g/mol. The van der Waals surface area contributed by atoms with Gasteiger partial charge in [-0.1, -0.05) is 17.7 Å². The lowest BCUT2D eigenvalue weighted by Gasteiger charge is -2.27. The van der Waals surface area contributed by atoms with E-state index in [0.717, 1.165) is 0 Å². The molecular formula is C16H9ClFN3O. The number of rotatable bonds is 1. The van der Waals surface area contributed by atoms with Crippen LogP contribution in [0.1, 0.15) is 12.6 Å². The molecule has 1 aliphatic rings. The van der Waals surface area contributed by atoms with Crippen molar-refractivity contribution in [3.63, 3.8) is 0 Å². The fourth-order valence-corrected chi connectivity index (χ4v) is 2.97. The summed E-state index contributed by atoms with van der Waals surface area (Å²) in [5, 5.41) is 9.85. The molecule has 22 heavy (non-hydrogen) atoms. The Kier molecular flexibility index (Phi) is 2.81. The lowest BCUT2D eigenvalue weighted by Crippen LogP contribution is -2.21. The van der Waals surface area contributed by atoms with Crippen LogP contribution >= 0.6 is 11.6 Å². The van der Waals surface area contributed by atoms with E-state index in [0.29, 0.717) is 33.2 Å². The van der Waals surface area contributed by atoms with Gasteiger partial charge in [-0.25, -0.2) is 9.37 Å². The first-order valence-electron chi connectivity index (χ1n) is 6.69. The van der Waals surface area contributed by atoms with E-state index in [4.69, 9.17) is 21.6 Å². The zero-order valence-electron chi connectivity index (χ0n) is 11.3. The van der Waals surface area contributed by atoms with Crippen molar-refractivity contribution in [2.24, 2.45) is 0 Å². The summed E-state index contributed by atoms with van der Waals surface area (Å²) in [7, 11) is 0. The van der Waals surface area contributed by atoms with Crippen LogP contribution in [0, 0.1) is 17.1 Å². The van der Waals surface area contributed by atoms with Gasteiger partial charge in [0.2, 0.25) is 0 Å². The van der Waals surface area contributed by atoms with Gasteiger partial charge in [-0.2, -0.15) is 5.26 Å². The van der Waals surface area contributed by atoms with Crippen LogP contribution in [0.5, 0.6) is 5.75 Å². The standard InChI is InChI=1S/C16H9ClFN3O/c17-14-5-4-13-16(20-14)12-8-9-10(18)2-1-3-11(9)21(12)15(22-13)6-7-19/h1-5,8,15H,6H2. The summed E-state index contributed by atoms with van der Waals surface area (Å²) < 4.78 is 21.7. The molecule has 0 bridgehead atoms. The van der Waals surface area contributed by atoms with Crippen LogP contribution in [0.3, 0.4) is 0 Å². The van der Waals surface area contributed by atoms with Crippen molar-refractivity contribution >= 4 is 22.5 Å². The van der Waals surface area contributed by atoms with Gasteiger partial charge in [-0.3, -0.25) is 0 Å². The second-order valence-electron chi connectivity index (χ2n) is 4.99. The molecule has 1 atom stereocenters. The van der Waals surface area contributed by atoms with Gasteiger partial charge in [0.25, 0.3) is 0 Å². The summed E-state index contributed by atoms with van der Waals surface area (Å²) in [6.07, 6.45) is -0.371. The number of halogens is 2. The molecule has 3 heterocycles. The molecule has 0 amide bonds. The molecule has 3 aromatic rings. The van der Waals surface area contributed by atoms with Crippen molar-refractivity contribution in [3.05, 3.63) is 47.4 Å².